The van der Waals surface area contributed by atoms with Crippen molar-refractivity contribution in [1.82, 2.24) is 19.7 Å². The molecular formula is C18H25N5O3S. The van der Waals surface area contributed by atoms with Gasteiger partial charge in [-0.3, -0.25) is 9.36 Å². The number of nitrogens with zero attached hydrogens (tertiary/aromatic N) is 4. The predicted octanol–water partition coefficient (Wildman–Crippen LogP) is 1.43. The highest BCUT2D eigenvalue weighted by atomic mass is 32.2. The highest BCUT2D eigenvalue weighted by Crippen LogP contribution is 2.21. The summed E-state index contributed by atoms with van der Waals surface area (Å²) < 4.78 is 6.77. The number of hydrogen-bond acceptors (Lipinski definition) is 6. The van der Waals surface area contributed by atoms with Gasteiger partial charge in [0, 0.05) is 38.4 Å². The maximum absolute atomic E-state index is 12.5. The number of amides is 1. The summed E-state index contributed by atoms with van der Waals surface area (Å²) in [7, 11) is 1.65. The van der Waals surface area contributed by atoms with E-state index < -0.39 is 0 Å². The van der Waals surface area contributed by atoms with Gasteiger partial charge in [0.05, 0.1) is 12.9 Å². The van der Waals surface area contributed by atoms with Crippen molar-refractivity contribution in [2.45, 2.75) is 25.0 Å². The average Bonchev–Trinajstić information content (AvgIpc) is 3.06. The Balaban J connectivity index is 1.50. The lowest BCUT2D eigenvalue weighted by Gasteiger charge is -2.36. The maximum Gasteiger partial charge on any atom is 0.343 e. The van der Waals surface area contributed by atoms with Crippen molar-refractivity contribution in [3.05, 3.63) is 34.7 Å². The van der Waals surface area contributed by atoms with Crippen molar-refractivity contribution in [1.29, 1.82) is 0 Å². The highest BCUT2D eigenvalue weighted by Gasteiger charge is 2.22. The number of benzene rings is 1. The zero-order valence-corrected chi connectivity index (χ0v) is 16.5. The molecule has 2 aromatic rings. The number of nitrogens with one attached hydrogen (secondary N) is 1. The van der Waals surface area contributed by atoms with Crippen molar-refractivity contribution in [3.8, 4) is 5.75 Å². The van der Waals surface area contributed by atoms with Crippen LogP contribution in [0.3, 0.4) is 0 Å². The lowest BCUT2D eigenvalue weighted by molar-refractivity contribution is -0.128. The molecule has 0 radical (unpaired) electrons. The number of H-pyrrole nitrogens is 1. The zero-order valence-electron chi connectivity index (χ0n) is 15.7. The van der Waals surface area contributed by atoms with Crippen LogP contribution in [0.2, 0.25) is 0 Å². The van der Waals surface area contributed by atoms with Gasteiger partial charge in [-0.15, -0.1) is 5.10 Å². The van der Waals surface area contributed by atoms with Gasteiger partial charge in [-0.2, -0.15) is 0 Å². The van der Waals surface area contributed by atoms with Crippen LogP contribution in [-0.4, -0.2) is 64.6 Å². The van der Waals surface area contributed by atoms with E-state index in [2.05, 4.69) is 15.1 Å². The van der Waals surface area contributed by atoms with Gasteiger partial charge < -0.3 is 14.5 Å². The second kappa shape index (κ2) is 8.98. The number of hydrogen-bond donors (Lipinski definition) is 1. The Labute approximate surface area is 162 Å². The van der Waals surface area contributed by atoms with Crippen molar-refractivity contribution >= 4 is 23.4 Å². The molecule has 1 saturated heterocycles. The predicted molar refractivity (Wildman–Crippen MR) is 106 cm³/mol. The summed E-state index contributed by atoms with van der Waals surface area (Å²) in [6.45, 7) is 5.58. The third-order valence-electron chi connectivity index (χ3n) is 4.57. The average molecular weight is 391 g/mol. The number of ether oxygens (including phenoxy) is 1. The fourth-order valence-corrected chi connectivity index (χ4v) is 3.93. The molecule has 146 valence electrons. The Bertz CT molecular complexity index is 809. The molecule has 2 heterocycles. The molecule has 1 N–H and O–H groups in total. The summed E-state index contributed by atoms with van der Waals surface area (Å²) in [5, 5.41) is 7.05. The number of anilines is 1. The topological polar surface area (TPSA) is 83.5 Å². The van der Waals surface area contributed by atoms with Crippen LogP contribution in [0.1, 0.15) is 13.3 Å². The van der Waals surface area contributed by atoms with E-state index in [9.17, 15) is 9.59 Å². The smallest absolute Gasteiger partial charge is 0.343 e. The van der Waals surface area contributed by atoms with Crippen LogP contribution in [0.15, 0.2) is 34.2 Å². The van der Waals surface area contributed by atoms with Crippen LogP contribution in [-0.2, 0) is 11.3 Å². The molecule has 1 aromatic carbocycles. The summed E-state index contributed by atoms with van der Waals surface area (Å²) in [4.78, 5) is 28.4. The largest absolute Gasteiger partial charge is 0.497 e. The molecule has 0 aliphatic carbocycles. The van der Waals surface area contributed by atoms with E-state index in [1.54, 1.807) is 11.7 Å². The molecule has 1 aromatic heterocycles. The Hall–Kier alpha value is -2.42. The monoisotopic (exact) mass is 391 g/mol. The van der Waals surface area contributed by atoms with Crippen LogP contribution in [0.4, 0.5) is 5.69 Å². The summed E-state index contributed by atoms with van der Waals surface area (Å²) in [5.41, 5.74) is 0.914. The minimum absolute atomic E-state index is 0.0767. The normalized spacial score (nSPS) is 14.4. The first-order valence-electron chi connectivity index (χ1n) is 9.07. The van der Waals surface area contributed by atoms with E-state index in [0.29, 0.717) is 24.8 Å². The molecule has 1 amide bonds. The maximum atomic E-state index is 12.5. The molecule has 8 nitrogen and oxygen atoms in total. The molecule has 0 saturated carbocycles. The quantitative estimate of drug-likeness (QED) is 0.719. The van der Waals surface area contributed by atoms with E-state index in [1.165, 1.54) is 11.8 Å². The number of carbonyl (C=O) groups is 1. The van der Waals surface area contributed by atoms with Crippen molar-refractivity contribution in [3.63, 3.8) is 0 Å². The van der Waals surface area contributed by atoms with E-state index in [4.69, 9.17) is 4.74 Å². The first-order chi connectivity index (χ1) is 13.1. The number of methoxy groups -OCH3 is 1. The van der Waals surface area contributed by atoms with Crippen molar-refractivity contribution in [2.75, 3.05) is 43.9 Å². The number of carbonyl (C=O) groups excluding carboxylic acids is 1. The van der Waals surface area contributed by atoms with Gasteiger partial charge in [0.25, 0.3) is 0 Å². The minimum Gasteiger partial charge on any atom is -0.497 e. The Morgan fingerprint density at radius 3 is 2.56 bits per heavy atom. The molecular weight excluding hydrogens is 366 g/mol. The van der Waals surface area contributed by atoms with E-state index >= 15 is 0 Å². The molecule has 27 heavy (non-hydrogen) atoms. The molecule has 1 aliphatic heterocycles. The minimum atomic E-state index is -0.222. The molecule has 3 rings (SSSR count). The lowest BCUT2D eigenvalue weighted by atomic mass is 10.2. The van der Waals surface area contributed by atoms with Crippen LogP contribution in [0.25, 0.3) is 0 Å². The number of aromatic nitrogens is 3. The molecule has 1 fully saturated rings. The molecule has 0 atom stereocenters. The van der Waals surface area contributed by atoms with E-state index in [0.717, 1.165) is 30.9 Å². The molecule has 1 aliphatic rings. The van der Waals surface area contributed by atoms with Crippen LogP contribution in [0.5, 0.6) is 5.75 Å². The van der Waals surface area contributed by atoms with Gasteiger partial charge >= 0.3 is 5.69 Å². The fourth-order valence-electron chi connectivity index (χ4n) is 3.06. The summed E-state index contributed by atoms with van der Waals surface area (Å²) in [6, 6.07) is 7.97. The second-order valence-electron chi connectivity index (χ2n) is 6.32. The molecule has 0 bridgehead atoms. The van der Waals surface area contributed by atoms with Gasteiger partial charge in [0.15, 0.2) is 5.16 Å². The van der Waals surface area contributed by atoms with Crippen molar-refractivity contribution < 1.29 is 9.53 Å². The van der Waals surface area contributed by atoms with Gasteiger partial charge in [-0.1, -0.05) is 18.7 Å². The summed E-state index contributed by atoms with van der Waals surface area (Å²) in [6.07, 6.45) is 0.842. The zero-order chi connectivity index (χ0) is 19.2. The lowest BCUT2D eigenvalue weighted by Crippen LogP contribution is -2.49. The number of rotatable bonds is 7. The molecule has 9 heteroatoms. The summed E-state index contributed by atoms with van der Waals surface area (Å²) >= 11 is 1.31. The Kier molecular flexibility index (Phi) is 6.44. The number of piperazine rings is 1. The third-order valence-corrected chi connectivity index (χ3v) is 5.53. The van der Waals surface area contributed by atoms with Gasteiger partial charge in [-0.05, 0) is 30.7 Å². The molecule has 0 spiro atoms. The van der Waals surface area contributed by atoms with E-state index in [-0.39, 0.29) is 17.3 Å². The van der Waals surface area contributed by atoms with E-state index in [1.807, 2.05) is 36.1 Å². The Morgan fingerprint density at radius 1 is 1.22 bits per heavy atom. The highest BCUT2D eigenvalue weighted by molar-refractivity contribution is 7.99. The third kappa shape index (κ3) is 4.65. The van der Waals surface area contributed by atoms with Crippen LogP contribution >= 0.6 is 11.8 Å². The van der Waals surface area contributed by atoms with Gasteiger partial charge in [-0.25, -0.2) is 9.89 Å². The van der Waals surface area contributed by atoms with Crippen LogP contribution < -0.4 is 15.3 Å². The van der Waals surface area contributed by atoms with Crippen LogP contribution in [0, 0.1) is 0 Å². The van der Waals surface area contributed by atoms with Crippen molar-refractivity contribution in [2.24, 2.45) is 0 Å². The Morgan fingerprint density at radius 2 is 1.93 bits per heavy atom. The SMILES string of the molecule is CCCn1c(SCC(=O)N2CCN(c3ccc(OC)cc3)CC2)n[nH]c1=O. The number of thioether (sulfide) groups is 1. The fraction of sp³-hybridized carbons (Fsp3) is 0.500. The van der Waals surface area contributed by atoms with Gasteiger partial charge in [0.2, 0.25) is 5.91 Å². The first-order valence-corrected chi connectivity index (χ1v) is 10.1. The molecule has 0 unspecified atom stereocenters. The summed E-state index contributed by atoms with van der Waals surface area (Å²) in [5.74, 6) is 1.20. The van der Waals surface area contributed by atoms with Gasteiger partial charge in [0.1, 0.15) is 5.75 Å². The first kappa shape index (κ1) is 19.3. The number of aromatic amines is 1. The standard InChI is InChI=1S/C18H25N5O3S/c1-3-8-23-17(25)19-20-18(23)27-13-16(24)22-11-9-21(10-12-22)14-4-6-15(26-2)7-5-14/h4-7H,3,8-13H2,1-2H3,(H,19,25). The second-order valence-corrected chi connectivity index (χ2v) is 7.26.